The third kappa shape index (κ3) is 7.28. The molecule has 9 rings (SSSR count). The zero-order valence-electron chi connectivity index (χ0n) is 42.8. The molecular weight excluding hydrogens is 794 g/mol. The van der Waals surface area contributed by atoms with Crippen molar-refractivity contribution in [3.63, 3.8) is 0 Å². The largest absolute Gasteiger partial charge is 0.455 e. The van der Waals surface area contributed by atoms with Gasteiger partial charge < -0.3 is 4.42 Å². The Balaban J connectivity index is 1.40. The summed E-state index contributed by atoms with van der Waals surface area (Å²) in [5.74, 6) is 4.19. The Hall–Kier alpha value is -5.55. The van der Waals surface area contributed by atoms with Gasteiger partial charge in [-0.2, -0.15) is 0 Å². The molecule has 0 saturated carbocycles. The maximum Gasteiger partial charge on any atom is 0.167 e. The normalized spacial score (nSPS) is 14.7. The Morgan fingerprint density at radius 3 is 1.54 bits per heavy atom. The molecule has 0 amide bonds. The number of nitrogens with zero attached hydrogens (tertiary/aromatic N) is 3. The fourth-order valence-electron chi connectivity index (χ4n) is 11.4. The van der Waals surface area contributed by atoms with Crippen molar-refractivity contribution in [3.8, 4) is 34.2 Å². The van der Waals surface area contributed by atoms with Crippen LogP contribution < -0.4 is 54.6 Å². The first kappa shape index (κ1) is 46.6. The fourth-order valence-corrected chi connectivity index (χ4v) is 11.4. The van der Waals surface area contributed by atoms with E-state index in [4.69, 9.17) is 19.4 Å². The van der Waals surface area contributed by atoms with Gasteiger partial charge >= 0.3 is 0 Å². The summed E-state index contributed by atoms with van der Waals surface area (Å²) in [6.07, 6.45) is 0. The van der Waals surface area contributed by atoms with Gasteiger partial charge in [0.15, 0.2) is 17.5 Å². The molecule has 0 bridgehead atoms. The van der Waals surface area contributed by atoms with Crippen LogP contribution >= 0.6 is 0 Å². The van der Waals surface area contributed by atoms with Crippen molar-refractivity contribution in [3.05, 3.63) is 117 Å². The summed E-state index contributed by atoms with van der Waals surface area (Å²) >= 11 is 0. The van der Waals surface area contributed by atoms with Crippen molar-refractivity contribution in [1.82, 2.24) is 15.0 Å². The lowest BCUT2D eigenvalue weighted by atomic mass is 9.61. The molecule has 0 N–H and O–H groups in total. The number of rotatable bonds is 7. The lowest BCUT2D eigenvalue weighted by molar-refractivity contribution is 0.674. The highest BCUT2D eigenvalue weighted by molar-refractivity contribution is 6.71. The van der Waals surface area contributed by atoms with Gasteiger partial charge in [0.2, 0.25) is 0 Å². The summed E-state index contributed by atoms with van der Waals surface area (Å²) in [6.45, 7) is 0. The van der Waals surface area contributed by atoms with Crippen LogP contribution in [0.15, 0.2) is 105 Å². The molecule has 2 heterocycles. The molecule has 1 atom stereocenters. The standard InChI is InChI=1S/C46H48B17N3O/c47-13-20(50)30(52)29(51)17-11-16(18(48)12-19(17)49)21-31(53)24(34(56)32(21)54)22-23-26-37(59)35(57)25-27(38(60)41(63)40(62)36(25)58)43(26)67-42(23)28(39(61)33(22)55)46-65-44(14-7-3-1-4-8-14)64-45(66-46)15-9-5-2-6-10-15/h1-13,31H,47-63H2/b20-13-,30-29-. The van der Waals surface area contributed by atoms with Gasteiger partial charge in [-0.3, -0.25) is 0 Å². The van der Waals surface area contributed by atoms with Crippen LogP contribution in [0.25, 0.3) is 83.5 Å². The van der Waals surface area contributed by atoms with Crippen molar-refractivity contribution in [1.29, 1.82) is 0 Å². The van der Waals surface area contributed by atoms with E-state index in [9.17, 15) is 0 Å². The van der Waals surface area contributed by atoms with Crippen LogP contribution in [-0.4, -0.2) is 148 Å². The Morgan fingerprint density at radius 1 is 0.493 bits per heavy atom. The molecule has 8 aromatic rings. The van der Waals surface area contributed by atoms with Gasteiger partial charge in [0.25, 0.3) is 0 Å². The van der Waals surface area contributed by atoms with E-state index in [0.717, 1.165) is 38.7 Å². The zero-order chi connectivity index (χ0) is 48.1. The number of hydrogen-bond acceptors (Lipinski definition) is 4. The Labute approximate surface area is 411 Å². The summed E-state index contributed by atoms with van der Waals surface area (Å²) in [5, 5.41) is 4.80. The molecule has 1 aliphatic carbocycles. The molecule has 0 aliphatic heterocycles. The first-order chi connectivity index (χ1) is 31.9. The second kappa shape index (κ2) is 17.5. The number of fused-ring (bicyclic) bond motifs is 5. The van der Waals surface area contributed by atoms with Crippen LogP contribution in [0.4, 0.5) is 0 Å². The van der Waals surface area contributed by atoms with Gasteiger partial charge in [-0.05, 0) is 45.1 Å². The number of hydrogen-bond donors (Lipinski definition) is 0. The molecule has 0 radical (unpaired) electrons. The molecule has 4 nitrogen and oxygen atoms in total. The Kier molecular flexibility index (Phi) is 12.2. The second-order valence-corrected chi connectivity index (χ2v) is 19.6. The van der Waals surface area contributed by atoms with Gasteiger partial charge in [0.05, 0.1) is 5.56 Å². The zero-order valence-corrected chi connectivity index (χ0v) is 42.8. The van der Waals surface area contributed by atoms with Crippen molar-refractivity contribution >= 4 is 237 Å². The van der Waals surface area contributed by atoms with E-state index in [-0.39, 0.29) is 5.82 Å². The van der Waals surface area contributed by atoms with Crippen molar-refractivity contribution in [2.75, 3.05) is 0 Å². The third-order valence-corrected chi connectivity index (χ3v) is 16.2. The van der Waals surface area contributed by atoms with E-state index < -0.39 is 0 Å². The summed E-state index contributed by atoms with van der Waals surface area (Å²) in [7, 11) is 38.8. The summed E-state index contributed by atoms with van der Waals surface area (Å²) < 4.78 is 7.63. The lowest BCUT2D eigenvalue weighted by Crippen LogP contribution is -2.50. The van der Waals surface area contributed by atoms with Gasteiger partial charge in [-0.25, -0.2) is 15.0 Å². The maximum atomic E-state index is 7.63. The van der Waals surface area contributed by atoms with E-state index in [1.807, 2.05) is 36.4 Å². The molecule has 0 fully saturated rings. The van der Waals surface area contributed by atoms with Crippen molar-refractivity contribution in [2.45, 2.75) is 5.82 Å². The SMILES string of the molecule is B/C=C(B)/C(B)=C(/B)c1cc(C2=C(B)C(B)=C(c3c(B)c(B)c(-c4nc(-c5ccccc5)nc(-c5ccccc5)n4)c4oc5c6c(B)c(B)c(B)c(B)c6c(B)c(B)c5c34)C2B)c(B)cc1B. The maximum absolute atomic E-state index is 7.63. The first-order valence-electron chi connectivity index (χ1n) is 24.0. The smallest absolute Gasteiger partial charge is 0.167 e. The first-order valence-corrected chi connectivity index (χ1v) is 24.0. The molecule has 1 unspecified atom stereocenters. The molecule has 2 aromatic heterocycles. The van der Waals surface area contributed by atoms with Gasteiger partial charge in [-0.15, -0.1) is 27.8 Å². The second-order valence-electron chi connectivity index (χ2n) is 19.6. The minimum Gasteiger partial charge on any atom is -0.455 e. The molecule has 304 valence electrons. The van der Waals surface area contributed by atoms with Gasteiger partial charge in [0, 0.05) is 27.3 Å². The molecule has 6 aromatic carbocycles. The highest BCUT2D eigenvalue weighted by Gasteiger charge is 2.35. The number of allylic oxidation sites excluding steroid dienone is 6. The van der Waals surface area contributed by atoms with Gasteiger partial charge in [-0.1, -0.05) is 127 Å². The highest BCUT2D eigenvalue weighted by atomic mass is 16.3. The fraction of sp³-hybridized carbons (Fsp3) is 0.0217. The Bertz CT molecular complexity index is 3550. The van der Waals surface area contributed by atoms with Crippen molar-refractivity contribution < 1.29 is 4.42 Å². The molecule has 0 saturated heterocycles. The van der Waals surface area contributed by atoms with Crippen LogP contribution in [0.1, 0.15) is 16.7 Å². The monoisotopic (exact) mass is 846 g/mol. The molecule has 1 aliphatic rings. The predicted molar refractivity (Wildman–Crippen MR) is 342 cm³/mol. The minimum atomic E-state index is 0.108. The topological polar surface area (TPSA) is 51.8 Å². The summed E-state index contributed by atoms with van der Waals surface area (Å²) in [5.41, 5.74) is 30.5. The van der Waals surface area contributed by atoms with Gasteiger partial charge in [0.1, 0.15) is 145 Å². The number of aromatic nitrogens is 3. The average Bonchev–Trinajstić information content (AvgIpc) is 3.81. The summed E-state index contributed by atoms with van der Waals surface area (Å²) in [6, 6.07) is 25.4. The van der Waals surface area contributed by atoms with E-state index >= 15 is 0 Å². The lowest BCUT2D eigenvalue weighted by Gasteiger charge is -2.24. The van der Waals surface area contributed by atoms with Crippen LogP contribution in [0.3, 0.4) is 0 Å². The predicted octanol–water partition coefficient (Wildman–Crippen LogP) is -12.6. The molecule has 67 heavy (non-hydrogen) atoms. The number of furan rings is 1. The van der Waals surface area contributed by atoms with Crippen LogP contribution in [-0.2, 0) is 0 Å². The minimum absolute atomic E-state index is 0.108. The average molecular weight is 843 g/mol. The Morgan fingerprint density at radius 2 is 0.970 bits per heavy atom. The number of benzene rings is 6. The highest BCUT2D eigenvalue weighted by Crippen LogP contribution is 2.50. The molecule has 0 spiro atoms. The third-order valence-electron chi connectivity index (χ3n) is 16.2. The van der Waals surface area contributed by atoms with Crippen LogP contribution in [0.5, 0.6) is 0 Å². The van der Waals surface area contributed by atoms with Crippen LogP contribution in [0.2, 0.25) is 5.82 Å². The van der Waals surface area contributed by atoms with E-state index in [1.165, 1.54) is 121 Å². The van der Waals surface area contributed by atoms with E-state index in [1.54, 1.807) is 0 Å². The van der Waals surface area contributed by atoms with E-state index in [0.29, 0.717) is 17.5 Å². The van der Waals surface area contributed by atoms with Crippen LogP contribution in [0, 0.1) is 0 Å². The molecular formula is C46H48B17N3O. The van der Waals surface area contributed by atoms with Crippen molar-refractivity contribution in [2.24, 2.45) is 0 Å². The molecule has 21 heteroatoms. The summed E-state index contributed by atoms with van der Waals surface area (Å²) in [4.78, 5) is 15.8. The van der Waals surface area contributed by atoms with E-state index in [2.05, 4.69) is 176 Å². The quantitative estimate of drug-likeness (QED) is 0.118.